The minimum absolute atomic E-state index is 0. The van der Waals surface area contributed by atoms with E-state index in [0.29, 0.717) is 34.7 Å². The van der Waals surface area contributed by atoms with Crippen LogP contribution in [0, 0.1) is 11.3 Å². The minimum Gasteiger partial charge on any atom is -0.326 e. The van der Waals surface area contributed by atoms with Gasteiger partial charge in [-0.1, -0.05) is 24.3 Å². The van der Waals surface area contributed by atoms with Crippen molar-refractivity contribution in [3.05, 3.63) is 59.8 Å². The predicted molar refractivity (Wildman–Crippen MR) is 126 cm³/mol. The molecule has 1 aliphatic rings. The summed E-state index contributed by atoms with van der Waals surface area (Å²) in [5.74, 6) is 0.301. The summed E-state index contributed by atoms with van der Waals surface area (Å²) in [6.07, 6.45) is -2.53. The number of nitriles is 1. The average molecular weight is 510 g/mol. The summed E-state index contributed by atoms with van der Waals surface area (Å²) in [6.45, 7) is 0.460. The molecule has 0 spiro atoms. The molecule has 0 radical (unpaired) electrons. The first kappa shape index (κ1) is 25.6. The maximum Gasteiger partial charge on any atom is 0.408 e. The van der Waals surface area contributed by atoms with E-state index in [2.05, 4.69) is 21.3 Å². The van der Waals surface area contributed by atoms with E-state index in [4.69, 9.17) is 5.73 Å². The number of benzene rings is 1. The van der Waals surface area contributed by atoms with E-state index in [0.717, 1.165) is 5.39 Å². The molecule has 1 saturated heterocycles. The summed E-state index contributed by atoms with van der Waals surface area (Å²) < 4.78 is 43.6. The molecule has 12 heteroatoms. The lowest BCUT2D eigenvalue weighted by molar-refractivity contribution is -0.183. The minimum atomic E-state index is -4.46. The number of likely N-dealkylation sites (tertiary alicyclic amines) is 1. The highest BCUT2D eigenvalue weighted by Gasteiger charge is 2.46. The van der Waals surface area contributed by atoms with Crippen molar-refractivity contribution in [2.75, 3.05) is 13.1 Å². The molecule has 5 rings (SSSR count). The van der Waals surface area contributed by atoms with Crippen molar-refractivity contribution in [2.45, 2.75) is 24.7 Å². The zero-order valence-electron chi connectivity index (χ0n) is 17.6. The standard InChI is InChI=1S/C22H18F3N7.2ClH/c23-22(24,25)20(31-9-8-16(27)12-31)15-5-7-18-29-30-21(32(18)11-15)17-6-4-13-2-1-3-14(10-26)19(13)28-17;;/h1-7,11,16,20H,8-9,12,27H2;2*1H/t16?,20-;;/m1../s1. The summed E-state index contributed by atoms with van der Waals surface area (Å²) in [6, 6.07) is 11.8. The zero-order valence-corrected chi connectivity index (χ0v) is 19.2. The van der Waals surface area contributed by atoms with Crippen molar-refractivity contribution in [3.63, 3.8) is 0 Å². The fraction of sp³-hybridized carbons (Fsp3) is 0.273. The van der Waals surface area contributed by atoms with Crippen LogP contribution in [0.5, 0.6) is 0 Å². The van der Waals surface area contributed by atoms with Crippen molar-refractivity contribution >= 4 is 41.4 Å². The van der Waals surface area contributed by atoms with E-state index in [9.17, 15) is 18.4 Å². The van der Waals surface area contributed by atoms with Gasteiger partial charge in [-0.15, -0.1) is 35.0 Å². The van der Waals surface area contributed by atoms with Gasteiger partial charge in [0.1, 0.15) is 17.8 Å². The van der Waals surface area contributed by atoms with Crippen LogP contribution >= 0.6 is 24.8 Å². The first-order valence-corrected chi connectivity index (χ1v) is 10.1. The summed E-state index contributed by atoms with van der Waals surface area (Å²) in [7, 11) is 0. The molecule has 34 heavy (non-hydrogen) atoms. The first-order chi connectivity index (χ1) is 15.3. The van der Waals surface area contributed by atoms with E-state index in [1.165, 1.54) is 27.6 Å². The first-order valence-electron chi connectivity index (χ1n) is 10.1. The van der Waals surface area contributed by atoms with Gasteiger partial charge in [-0.2, -0.15) is 18.4 Å². The van der Waals surface area contributed by atoms with Gasteiger partial charge >= 0.3 is 6.18 Å². The molecule has 0 aliphatic carbocycles. The van der Waals surface area contributed by atoms with Gasteiger partial charge in [0.15, 0.2) is 11.5 Å². The molecule has 3 aromatic heterocycles. The van der Waals surface area contributed by atoms with Crippen molar-refractivity contribution in [2.24, 2.45) is 5.73 Å². The number of hydrogen-bond donors (Lipinski definition) is 1. The smallest absolute Gasteiger partial charge is 0.326 e. The molecule has 0 saturated carbocycles. The lowest BCUT2D eigenvalue weighted by Crippen LogP contribution is -2.38. The topological polar surface area (TPSA) is 96.1 Å². The Hall–Kier alpha value is -2.97. The third kappa shape index (κ3) is 4.52. The number of pyridine rings is 2. The molecule has 1 unspecified atom stereocenters. The maximum atomic E-state index is 14.0. The zero-order chi connectivity index (χ0) is 22.5. The molecule has 0 amide bonds. The highest BCUT2D eigenvalue weighted by atomic mass is 35.5. The number of aromatic nitrogens is 4. The SMILES string of the molecule is Cl.Cl.N#Cc1cccc2ccc(-c3nnc4ccc([C@@H](N5CCC(N)C5)C(F)(F)F)cn34)nc12. The highest BCUT2D eigenvalue weighted by Crippen LogP contribution is 2.39. The molecular weight excluding hydrogens is 490 g/mol. The lowest BCUT2D eigenvalue weighted by atomic mass is 10.1. The molecule has 1 aromatic carbocycles. The Morgan fingerprint density at radius 2 is 1.88 bits per heavy atom. The van der Waals surface area contributed by atoms with Crippen molar-refractivity contribution in [1.29, 1.82) is 5.26 Å². The van der Waals surface area contributed by atoms with E-state index in [1.54, 1.807) is 24.3 Å². The fourth-order valence-corrected chi connectivity index (χ4v) is 4.26. The molecule has 4 aromatic rings. The van der Waals surface area contributed by atoms with Crippen LogP contribution in [0.25, 0.3) is 28.1 Å². The van der Waals surface area contributed by atoms with Gasteiger partial charge in [-0.3, -0.25) is 9.30 Å². The number of rotatable bonds is 3. The second kappa shape index (κ2) is 9.72. The average Bonchev–Trinajstić information content (AvgIpc) is 3.38. The van der Waals surface area contributed by atoms with Crippen molar-refractivity contribution in [3.8, 4) is 17.6 Å². The number of nitrogens with two attached hydrogens (primary N) is 1. The summed E-state index contributed by atoms with van der Waals surface area (Å²) in [5.41, 5.74) is 7.66. The molecule has 2 atom stereocenters. The Bertz CT molecular complexity index is 1370. The largest absolute Gasteiger partial charge is 0.408 e. The number of hydrogen-bond acceptors (Lipinski definition) is 6. The molecule has 178 valence electrons. The van der Waals surface area contributed by atoms with Gasteiger partial charge in [0, 0.05) is 30.7 Å². The Kier molecular flexibility index (Phi) is 7.33. The van der Waals surface area contributed by atoms with Crippen LogP contribution in [0.1, 0.15) is 23.6 Å². The lowest BCUT2D eigenvalue weighted by Gasteiger charge is -2.30. The third-order valence-corrected chi connectivity index (χ3v) is 5.74. The van der Waals surface area contributed by atoms with E-state index < -0.39 is 12.2 Å². The van der Waals surface area contributed by atoms with Crippen LogP contribution in [0.3, 0.4) is 0 Å². The number of halogens is 5. The van der Waals surface area contributed by atoms with E-state index in [1.807, 2.05) is 6.07 Å². The normalized spacial score (nSPS) is 17.2. The number of alkyl halides is 3. The molecule has 7 nitrogen and oxygen atoms in total. The van der Waals surface area contributed by atoms with Crippen LogP contribution in [0.2, 0.25) is 0 Å². The Balaban J connectivity index is 0.00000162. The maximum absolute atomic E-state index is 14.0. The van der Waals surface area contributed by atoms with Gasteiger partial charge < -0.3 is 5.73 Å². The van der Waals surface area contributed by atoms with Gasteiger partial charge in [0.25, 0.3) is 0 Å². The van der Waals surface area contributed by atoms with Crippen molar-refractivity contribution < 1.29 is 13.2 Å². The molecule has 1 fully saturated rings. The van der Waals surface area contributed by atoms with Gasteiger partial charge in [0.05, 0.1) is 11.1 Å². The van der Waals surface area contributed by atoms with Crippen LogP contribution in [0.4, 0.5) is 13.2 Å². The molecular formula is C22H20Cl2F3N7. The quantitative estimate of drug-likeness (QED) is 0.442. The number of para-hydroxylation sites is 1. The van der Waals surface area contributed by atoms with Crippen LogP contribution in [0.15, 0.2) is 48.7 Å². The molecule has 4 heterocycles. The second-order valence-corrected chi connectivity index (χ2v) is 7.89. The van der Waals surface area contributed by atoms with Crippen LogP contribution in [-0.4, -0.2) is 49.8 Å². The van der Waals surface area contributed by atoms with Gasteiger partial charge in [-0.25, -0.2) is 4.98 Å². The highest BCUT2D eigenvalue weighted by molar-refractivity contribution is 5.86. The second-order valence-electron chi connectivity index (χ2n) is 7.89. The predicted octanol–water partition coefficient (Wildman–Crippen LogP) is 4.30. The molecule has 1 aliphatic heterocycles. The Morgan fingerprint density at radius 1 is 1.09 bits per heavy atom. The Labute approximate surface area is 205 Å². The number of nitrogens with zero attached hydrogens (tertiary/aromatic N) is 6. The van der Waals surface area contributed by atoms with Crippen LogP contribution < -0.4 is 5.73 Å². The summed E-state index contributed by atoms with van der Waals surface area (Å²) >= 11 is 0. The van der Waals surface area contributed by atoms with Crippen LogP contribution in [-0.2, 0) is 0 Å². The summed E-state index contributed by atoms with van der Waals surface area (Å²) in [5, 5.41) is 18.4. The van der Waals surface area contributed by atoms with Gasteiger partial charge in [-0.05, 0) is 30.2 Å². The van der Waals surface area contributed by atoms with Crippen molar-refractivity contribution in [1.82, 2.24) is 24.5 Å². The van der Waals surface area contributed by atoms with Gasteiger partial charge in [0.2, 0.25) is 0 Å². The Morgan fingerprint density at radius 3 is 2.56 bits per heavy atom. The summed E-state index contributed by atoms with van der Waals surface area (Å²) in [4.78, 5) is 5.92. The third-order valence-electron chi connectivity index (χ3n) is 5.74. The molecule has 2 N–H and O–H groups in total. The number of fused-ring (bicyclic) bond motifs is 2. The van der Waals surface area contributed by atoms with E-state index >= 15 is 0 Å². The fourth-order valence-electron chi connectivity index (χ4n) is 4.26. The molecule has 0 bridgehead atoms. The van der Waals surface area contributed by atoms with E-state index in [-0.39, 0.29) is 49.5 Å². The monoisotopic (exact) mass is 509 g/mol.